The van der Waals surface area contributed by atoms with Gasteiger partial charge >= 0.3 is 5.97 Å². The molecule has 0 aliphatic carbocycles. The fourth-order valence-corrected chi connectivity index (χ4v) is 4.27. The van der Waals surface area contributed by atoms with E-state index >= 15 is 0 Å². The van der Waals surface area contributed by atoms with Crippen LogP contribution in [-0.4, -0.2) is 36.0 Å². The number of carbonyl (C=O) groups excluding carboxylic acids is 2. The van der Waals surface area contributed by atoms with Crippen molar-refractivity contribution in [3.05, 3.63) is 95.1 Å². The lowest BCUT2D eigenvalue weighted by Crippen LogP contribution is -2.36. The molecule has 8 heteroatoms. The highest BCUT2D eigenvalue weighted by atomic mass is 16.6. The van der Waals surface area contributed by atoms with Gasteiger partial charge in [0.1, 0.15) is 29.5 Å². The second-order valence-corrected chi connectivity index (χ2v) is 10.2. The molecule has 1 aliphatic rings. The first-order valence-corrected chi connectivity index (χ1v) is 12.5. The molecule has 1 amide bonds. The number of amides is 1. The number of hydrogen-bond acceptors (Lipinski definition) is 6. The summed E-state index contributed by atoms with van der Waals surface area (Å²) in [6.45, 7) is 6.21. The molecule has 8 nitrogen and oxygen atoms in total. The van der Waals surface area contributed by atoms with Crippen LogP contribution in [-0.2, 0) is 11.3 Å². The fourth-order valence-electron chi connectivity index (χ4n) is 4.27. The van der Waals surface area contributed by atoms with Crippen LogP contribution in [0.4, 0.5) is 0 Å². The second-order valence-electron chi connectivity index (χ2n) is 10.2. The number of rotatable bonds is 9. The summed E-state index contributed by atoms with van der Waals surface area (Å²) >= 11 is 0. The second kappa shape index (κ2) is 11.4. The lowest BCUT2D eigenvalue weighted by Gasteiger charge is -2.20. The first-order chi connectivity index (χ1) is 18.1. The summed E-state index contributed by atoms with van der Waals surface area (Å²) in [5.41, 5.74) is 7.93. The van der Waals surface area contributed by atoms with Crippen molar-refractivity contribution in [2.75, 3.05) is 6.54 Å². The molecule has 3 aromatic carbocycles. The summed E-state index contributed by atoms with van der Waals surface area (Å²) in [6, 6.07) is 21.9. The van der Waals surface area contributed by atoms with Gasteiger partial charge in [0, 0.05) is 23.6 Å². The molecule has 0 saturated heterocycles. The lowest BCUT2D eigenvalue weighted by molar-refractivity contribution is 0.00693. The van der Waals surface area contributed by atoms with Crippen LogP contribution in [0.1, 0.15) is 65.0 Å². The molecule has 0 radical (unpaired) electrons. The molecule has 0 fully saturated rings. The van der Waals surface area contributed by atoms with Crippen LogP contribution in [0.2, 0.25) is 0 Å². The zero-order valence-electron chi connectivity index (χ0n) is 21.8. The quantitative estimate of drug-likeness (QED) is 0.213. The molecule has 3 aromatic rings. The summed E-state index contributed by atoms with van der Waals surface area (Å²) in [6.07, 6.45) is -0.198. The molecule has 0 aromatic heterocycles. The Balaban J connectivity index is 1.36. The van der Waals surface area contributed by atoms with Gasteiger partial charge in [0.25, 0.3) is 5.91 Å². The molecule has 1 aliphatic heterocycles. The van der Waals surface area contributed by atoms with E-state index in [0.29, 0.717) is 42.2 Å². The van der Waals surface area contributed by atoms with Crippen molar-refractivity contribution in [3.8, 4) is 11.5 Å². The van der Waals surface area contributed by atoms with E-state index in [4.69, 9.17) is 25.4 Å². The average molecular weight is 516 g/mol. The molecular formula is C30H33N3O5. The molecule has 2 unspecified atom stereocenters. The van der Waals surface area contributed by atoms with Gasteiger partial charge in [-0.3, -0.25) is 10.2 Å². The number of benzene rings is 3. The van der Waals surface area contributed by atoms with E-state index in [0.717, 1.165) is 11.1 Å². The van der Waals surface area contributed by atoms with E-state index in [1.54, 1.807) is 42.5 Å². The topological polar surface area (TPSA) is 124 Å². The normalized spacial score (nSPS) is 16.2. The Kier molecular flexibility index (Phi) is 8.00. The Labute approximate surface area is 222 Å². The Bertz CT molecular complexity index is 1300. The van der Waals surface area contributed by atoms with Gasteiger partial charge in [-0.1, -0.05) is 30.3 Å². The van der Waals surface area contributed by atoms with E-state index < -0.39 is 17.7 Å². The van der Waals surface area contributed by atoms with E-state index in [1.807, 2.05) is 51.1 Å². The van der Waals surface area contributed by atoms with Crippen LogP contribution in [0.3, 0.4) is 0 Å². The Morgan fingerprint density at radius 3 is 2.34 bits per heavy atom. The third-order valence-corrected chi connectivity index (χ3v) is 6.08. The minimum atomic E-state index is -0.670. The first kappa shape index (κ1) is 26.7. The monoisotopic (exact) mass is 515 g/mol. The van der Waals surface area contributed by atoms with Crippen LogP contribution in [0, 0.1) is 5.41 Å². The summed E-state index contributed by atoms with van der Waals surface area (Å²) in [5, 5.41) is 10.9. The van der Waals surface area contributed by atoms with Crippen LogP contribution in [0.15, 0.2) is 72.8 Å². The smallest absolute Gasteiger partial charge is 0.338 e. The summed E-state index contributed by atoms with van der Waals surface area (Å²) in [4.78, 5) is 25.3. The predicted molar refractivity (Wildman–Crippen MR) is 145 cm³/mol. The van der Waals surface area contributed by atoms with Crippen molar-refractivity contribution in [1.82, 2.24) is 5.32 Å². The Hall–Kier alpha value is -4.33. The van der Waals surface area contributed by atoms with Gasteiger partial charge < -0.3 is 25.3 Å². The summed E-state index contributed by atoms with van der Waals surface area (Å²) in [5.74, 6) is 0.187. The lowest BCUT2D eigenvalue weighted by atomic mass is 9.90. The number of hydrogen-bond donors (Lipinski definition) is 3. The summed E-state index contributed by atoms with van der Waals surface area (Å²) < 4.78 is 17.2. The summed E-state index contributed by atoms with van der Waals surface area (Å²) in [7, 11) is 0. The van der Waals surface area contributed by atoms with Crippen molar-refractivity contribution in [1.29, 1.82) is 5.41 Å². The first-order valence-electron chi connectivity index (χ1n) is 12.5. The van der Waals surface area contributed by atoms with Gasteiger partial charge in [-0.15, -0.1) is 0 Å². The molecule has 0 saturated carbocycles. The molecule has 0 spiro atoms. The largest absolute Gasteiger partial charge is 0.489 e. The van der Waals surface area contributed by atoms with Crippen molar-refractivity contribution < 1.29 is 23.8 Å². The van der Waals surface area contributed by atoms with Crippen molar-refractivity contribution in [3.63, 3.8) is 0 Å². The van der Waals surface area contributed by atoms with E-state index in [1.165, 1.54) is 0 Å². The van der Waals surface area contributed by atoms with Gasteiger partial charge in [0.05, 0.1) is 5.56 Å². The molecule has 4 N–H and O–H groups in total. The fraction of sp³-hybridized carbons (Fsp3) is 0.300. The molecular weight excluding hydrogens is 482 g/mol. The van der Waals surface area contributed by atoms with E-state index in [2.05, 4.69) is 5.32 Å². The molecule has 1 heterocycles. The van der Waals surface area contributed by atoms with Crippen molar-refractivity contribution in [2.24, 2.45) is 5.73 Å². The maximum absolute atomic E-state index is 12.7. The number of ether oxygens (including phenoxy) is 3. The van der Waals surface area contributed by atoms with Crippen molar-refractivity contribution >= 4 is 17.7 Å². The van der Waals surface area contributed by atoms with Gasteiger partial charge in [-0.2, -0.15) is 0 Å². The Morgan fingerprint density at radius 1 is 1.00 bits per heavy atom. The van der Waals surface area contributed by atoms with E-state index in [9.17, 15) is 9.59 Å². The SMILES string of the molecule is CC(C)(C)OC(=O)c1ccc2c(c1)C(CCNC(=O)c1ccc(OCc3ccccc3)cc1)C(C(=N)N)O2. The average Bonchev–Trinajstić information content (AvgIpc) is 3.25. The van der Waals surface area contributed by atoms with Crippen LogP contribution in [0.5, 0.6) is 11.5 Å². The van der Waals surface area contributed by atoms with Crippen molar-refractivity contribution in [2.45, 2.75) is 51.4 Å². The molecule has 0 bridgehead atoms. The standard InChI is InChI=1S/C30H33N3O5/c1-30(2,3)38-29(35)21-11-14-25-24(17-21)23(26(37-25)27(31)32)15-16-33-28(34)20-9-12-22(13-10-20)36-18-19-7-5-4-6-8-19/h4-14,17,23,26H,15-16,18H2,1-3H3,(H3,31,32)(H,33,34). The highest BCUT2D eigenvalue weighted by Crippen LogP contribution is 2.41. The minimum Gasteiger partial charge on any atom is -0.489 e. The minimum absolute atomic E-state index is 0.109. The number of nitrogens with one attached hydrogen (secondary N) is 2. The van der Waals surface area contributed by atoms with Crippen LogP contribution < -0.4 is 20.5 Å². The van der Waals surface area contributed by atoms with Crippen LogP contribution >= 0.6 is 0 Å². The Morgan fingerprint density at radius 2 is 1.68 bits per heavy atom. The zero-order chi connectivity index (χ0) is 27.3. The molecule has 198 valence electrons. The van der Waals surface area contributed by atoms with E-state index in [-0.39, 0.29) is 17.7 Å². The number of fused-ring (bicyclic) bond motifs is 1. The third kappa shape index (κ3) is 6.70. The number of esters is 1. The van der Waals surface area contributed by atoms with Gasteiger partial charge in [0.15, 0.2) is 6.10 Å². The molecule has 2 atom stereocenters. The third-order valence-electron chi connectivity index (χ3n) is 6.08. The van der Waals surface area contributed by atoms with Crippen LogP contribution in [0.25, 0.3) is 0 Å². The maximum Gasteiger partial charge on any atom is 0.338 e. The molecule has 38 heavy (non-hydrogen) atoms. The zero-order valence-corrected chi connectivity index (χ0v) is 21.8. The number of nitrogens with two attached hydrogens (primary N) is 1. The number of amidine groups is 1. The van der Waals surface area contributed by atoms with Gasteiger partial charge in [-0.05, 0) is 75.2 Å². The predicted octanol–water partition coefficient (Wildman–Crippen LogP) is 4.82. The van der Waals surface area contributed by atoms with Gasteiger partial charge in [0.2, 0.25) is 0 Å². The highest BCUT2D eigenvalue weighted by Gasteiger charge is 2.37. The maximum atomic E-state index is 12.7. The molecule has 4 rings (SSSR count). The number of carbonyl (C=O) groups is 2. The van der Waals surface area contributed by atoms with Gasteiger partial charge in [-0.25, -0.2) is 4.79 Å². The highest BCUT2D eigenvalue weighted by molar-refractivity contribution is 5.94.